The second kappa shape index (κ2) is 13.0. The maximum Gasteiger partial charge on any atom is 0.404 e. The molecular formula is C30H37FN4O4. The number of primary amides is 1. The zero-order valence-corrected chi connectivity index (χ0v) is 22.4. The molecule has 0 aliphatic carbocycles. The number of hydrogen-bond acceptors (Lipinski definition) is 6. The number of hydrogen-bond donors (Lipinski definition) is 3. The minimum Gasteiger partial charge on any atom is -0.450 e. The Hall–Kier alpha value is -3.56. The maximum absolute atomic E-state index is 15.6. The number of halogens is 1. The van der Waals surface area contributed by atoms with Crippen LogP contribution in [0.3, 0.4) is 0 Å². The number of carbonyl (C=O) groups excluding carboxylic acids is 2. The topological polar surface area (TPSA) is 118 Å². The van der Waals surface area contributed by atoms with Crippen LogP contribution < -0.4 is 11.1 Å². The number of nitrogens with zero attached hydrogens (tertiary/aromatic N) is 2. The lowest BCUT2D eigenvalue weighted by Crippen LogP contribution is -2.48. The van der Waals surface area contributed by atoms with Crippen LogP contribution in [0.15, 0.2) is 54.7 Å². The largest absolute Gasteiger partial charge is 0.450 e. The van der Waals surface area contributed by atoms with Crippen LogP contribution in [0.25, 0.3) is 22.0 Å². The van der Waals surface area contributed by atoms with E-state index >= 15 is 4.39 Å². The summed E-state index contributed by atoms with van der Waals surface area (Å²) < 4.78 is 20.5. The van der Waals surface area contributed by atoms with Gasteiger partial charge in [0.2, 0.25) is 5.91 Å². The van der Waals surface area contributed by atoms with Gasteiger partial charge < -0.3 is 25.8 Å². The van der Waals surface area contributed by atoms with E-state index in [4.69, 9.17) is 10.5 Å². The predicted molar refractivity (Wildman–Crippen MR) is 148 cm³/mol. The van der Waals surface area contributed by atoms with Gasteiger partial charge in [0.15, 0.2) is 0 Å². The molecule has 2 amide bonds. The number of nitrogens with one attached hydrogen (secondary N) is 1. The van der Waals surface area contributed by atoms with Crippen LogP contribution in [0.1, 0.15) is 44.1 Å². The van der Waals surface area contributed by atoms with E-state index in [-0.39, 0.29) is 30.4 Å². The molecule has 9 heteroatoms. The first-order valence-electron chi connectivity index (χ1n) is 13.5. The van der Waals surface area contributed by atoms with E-state index in [1.807, 2.05) is 42.3 Å². The van der Waals surface area contributed by atoms with E-state index in [0.29, 0.717) is 43.5 Å². The third kappa shape index (κ3) is 6.72. The van der Waals surface area contributed by atoms with Gasteiger partial charge in [0.05, 0.1) is 17.7 Å². The summed E-state index contributed by atoms with van der Waals surface area (Å²) in [6, 6.07) is 14.2. The Morgan fingerprint density at radius 1 is 1.23 bits per heavy atom. The molecule has 1 aliphatic heterocycles. The number of benzene rings is 2. The number of aromatic nitrogens is 1. The van der Waals surface area contributed by atoms with Gasteiger partial charge in [-0.15, -0.1) is 0 Å². The van der Waals surface area contributed by atoms with Gasteiger partial charge in [-0.1, -0.05) is 30.3 Å². The summed E-state index contributed by atoms with van der Waals surface area (Å²) in [4.78, 5) is 30.4. The van der Waals surface area contributed by atoms with Crippen molar-refractivity contribution in [1.29, 1.82) is 0 Å². The number of aliphatic hydroxyl groups is 1. The standard InChI is InChI=1S/C30H37FN4O4/c1-33-15-5-13-27(36)35-16-6-9-23(20-35)30(38,14-7-17-39-29(32)37)24-10-4-11-25(31)28(24)22-18-21-8-2-3-12-26(21)34-19-22/h2-4,8,10-12,18-19,23,33,38H,5-7,9,13-17,20H2,1H3,(H2,32,37)/t23-,30+/m1/s1. The lowest BCUT2D eigenvalue weighted by atomic mass is 9.72. The Morgan fingerprint density at radius 2 is 2.05 bits per heavy atom. The SMILES string of the molecule is CNCCCC(=O)N1CCC[C@@H]([C@@](O)(CCCOC(N)=O)c2cccc(F)c2-c2cnc3ccccc3c2)C1. The second-order valence-electron chi connectivity index (χ2n) is 10.2. The van der Waals surface area contributed by atoms with Gasteiger partial charge in [0, 0.05) is 48.1 Å². The molecule has 2 atom stereocenters. The number of ether oxygens (including phenoxy) is 1. The van der Waals surface area contributed by atoms with Crippen molar-refractivity contribution in [2.75, 3.05) is 33.3 Å². The highest BCUT2D eigenvalue weighted by atomic mass is 19.1. The zero-order chi connectivity index (χ0) is 27.8. The Morgan fingerprint density at radius 3 is 2.85 bits per heavy atom. The van der Waals surface area contributed by atoms with Crippen LogP contribution in [0.5, 0.6) is 0 Å². The monoisotopic (exact) mass is 536 g/mol. The summed E-state index contributed by atoms with van der Waals surface area (Å²) in [6.45, 7) is 1.76. The molecule has 208 valence electrons. The third-order valence-corrected chi connectivity index (χ3v) is 7.57. The Balaban J connectivity index is 1.72. The number of likely N-dealkylation sites (tertiary alicyclic amines) is 1. The van der Waals surface area contributed by atoms with Crippen LogP contribution >= 0.6 is 0 Å². The summed E-state index contributed by atoms with van der Waals surface area (Å²) in [7, 11) is 1.85. The van der Waals surface area contributed by atoms with Gasteiger partial charge in [0.25, 0.3) is 0 Å². The Bertz CT molecular complexity index is 1300. The second-order valence-corrected chi connectivity index (χ2v) is 10.2. The number of pyridine rings is 1. The first kappa shape index (κ1) is 28.4. The number of amides is 2. The number of fused-ring (bicyclic) bond motifs is 1. The minimum atomic E-state index is -1.49. The summed E-state index contributed by atoms with van der Waals surface area (Å²) in [5, 5.41) is 16.4. The lowest BCUT2D eigenvalue weighted by molar-refractivity contribution is -0.137. The minimum absolute atomic E-state index is 0.0270. The van der Waals surface area contributed by atoms with Crippen LogP contribution in [-0.4, -0.2) is 60.3 Å². The van der Waals surface area contributed by atoms with Crippen molar-refractivity contribution in [2.45, 2.75) is 44.1 Å². The molecule has 1 saturated heterocycles. The molecule has 4 N–H and O–H groups in total. The number of carbonyl (C=O) groups is 2. The number of piperidine rings is 1. The van der Waals surface area contributed by atoms with Gasteiger partial charge in [-0.3, -0.25) is 9.78 Å². The Labute approximate surface area is 228 Å². The third-order valence-electron chi connectivity index (χ3n) is 7.57. The van der Waals surface area contributed by atoms with Gasteiger partial charge in [0.1, 0.15) is 5.82 Å². The van der Waals surface area contributed by atoms with E-state index in [9.17, 15) is 14.7 Å². The lowest BCUT2D eigenvalue weighted by Gasteiger charge is -2.43. The molecule has 1 fully saturated rings. The summed E-state index contributed by atoms with van der Waals surface area (Å²) in [5.41, 5.74) is 5.71. The van der Waals surface area contributed by atoms with Crippen molar-refractivity contribution in [2.24, 2.45) is 11.7 Å². The van der Waals surface area contributed by atoms with E-state index in [1.165, 1.54) is 6.07 Å². The fourth-order valence-electron chi connectivity index (χ4n) is 5.63. The van der Waals surface area contributed by atoms with Gasteiger partial charge in [-0.05, 0) is 69.5 Å². The molecule has 4 rings (SSSR count). The molecule has 0 spiro atoms. The summed E-state index contributed by atoms with van der Waals surface area (Å²) in [6.07, 6.45) is 3.80. The highest BCUT2D eigenvalue weighted by molar-refractivity contribution is 5.84. The van der Waals surface area contributed by atoms with Crippen molar-refractivity contribution in [3.8, 4) is 11.1 Å². The molecule has 39 heavy (non-hydrogen) atoms. The average molecular weight is 537 g/mol. The smallest absolute Gasteiger partial charge is 0.404 e. The molecule has 0 unspecified atom stereocenters. The maximum atomic E-state index is 15.6. The van der Waals surface area contributed by atoms with Crippen molar-refractivity contribution in [1.82, 2.24) is 15.2 Å². The molecule has 8 nitrogen and oxygen atoms in total. The van der Waals surface area contributed by atoms with Crippen LogP contribution in [0, 0.1) is 11.7 Å². The number of nitrogens with two attached hydrogens (primary N) is 1. The Kier molecular flexibility index (Phi) is 9.48. The van der Waals surface area contributed by atoms with Gasteiger partial charge in [-0.25, -0.2) is 9.18 Å². The molecule has 0 saturated carbocycles. The molecule has 1 aliphatic rings. The fraction of sp³-hybridized carbons (Fsp3) is 0.433. The molecule has 0 radical (unpaired) electrons. The highest BCUT2D eigenvalue weighted by Gasteiger charge is 2.43. The fourth-order valence-corrected chi connectivity index (χ4v) is 5.63. The summed E-state index contributed by atoms with van der Waals surface area (Å²) in [5.74, 6) is -0.762. The predicted octanol–water partition coefficient (Wildman–Crippen LogP) is 4.34. The highest BCUT2D eigenvalue weighted by Crippen LogP contribution is 2.44. The van der Waals surface area contributed by atoms with E-state index in [2.05, 4.69) is 10.3 Å². The van der Waals surface area contributed by atoms with E-state index in [0.717, 1.165) is 30.3 Å². The first-order valence-corrected chi connectivity index (χ1v) is 13.5. The average Bonchev–Trinajstić information content (AvgIpc) is 2.95. The van der Waals surface area contributed by atoms with Crippen molar-refractivity contribution in [3.05, 3.63) is 66.1 Å². The molecule has 1 aromatic heterocycles. The van der Waals surface area contributed by atoms with Gasteiger partial charge in [-0.2, -0.15) is 0 Å². The van der Waals surface area contributed by atoms with Crippen LogP contribution in [-0.2, 0) is 15.1 Å². The van der Waals surface area contributed by atoms with Crippen LogP contribution in [0.2, 0.25) is 0 Å². The number of para-hydroxylation sites is 1. The van der Waals surface area contributed by atoms with Gasteiger partial charge >= 0.3 is 6.09 Å². The van der Waals surface area contributed by atoms with Crippen molar-refractivity contribution < 1.29 is 23.8 Å². The molecular weight excluding hydrogens is 499 g/mol. The molecule has 2 heterocycles. The molecule has 2 aromatic carbocycles. The molecule has 0 bridgehead atoms. The number of rotatable bonds is 11. The quantitative estimate of drug-likeness (QED) is 0.314. The van der Waals surface area contributed by atoms with Crippen molar-refractivity contribution in [3.63, 3.8) is 0 Å². The zero-order valence-electron chi connectivity index (χ0n) is 22.4. The van der Waals surface area contributed by atoms with Crippen LogP contribution in [0.4, 0.5) is 9.18 Å². The van der Waals surface area contributed by atoms with Crippen molar-refractivity contribution >= 4 is 22.9 Å². The normalized spacial score (nSPS) is 17.1. The molecule has 3 aromatic rings. The van der Waals surface area contributed by atoms with E-state index in [1.54, 1.807) is 18.3 Å². The van der Waals surface area contributed by atoms with E-state index < -0.39 is 17.5 Å². The summed E-state index contributed by atoms with van der Waals surface area (Å²) >= 11 is 0. The first-order chi connectivity index (χ1) is 18.8.